The van der Waals surface area contributed by atoms with Gasteiger partial charge in [0.25, 0.3) is 0 Å². The zero-order valence-corrected chi connectivity index (χ0v) is 13.7. The Morgan fingerprint density at radius 1 is 1.39 bits per heavy atom. The molecule has 0 heterocycles. The highest BCUT2D eigenvalue weighted by atomic mass is 16.4. The largest absolute Gasteiger partial charge is 0.481 e. The van der Waals surface area contributed by atoms with Crippen molar-refractivity contribution < 1.29 is 19.8 Å². The first-order chi connectivity index (χ1) is 10.8. The minimum absolute atomic E-state index is 0.0786. The average Bonchev–Trinajstić information content (AvgIpc) is 2.74. The van der Waals surface area contributed by atoms with Crippen molar-refractivity contribution in [2.24, 2.45) is 34.2 Å². The number of nitrogens with zero attached hydrogens (tertiary/aromatic N) is 1. The highest BCUT2D eigenvalue weighted by molar-refractivity contribution is 5.76. The number of nitrogens with one attached hydrogen (secondary N) is 1. The summed E-state index contributed by atoms with van der Waals surface area (Å²) in [6.45, 7) is 4.06. The van der Waals surface area contributed by atoms with Crippen molar-refractivity contribution in [1.29, 1.82) is 0 Å². The lowest BCUT2D eigenvalue weighted by Crippen LogP contribution is -2.32. The molecule has 1 rings (SSSR count). The summed E-state index contributed by atoms with van der Waals surface area (Å²) < 4.78 is 0. The summed E-state index contributed by atoms with van der Waals surface area (Å²) in [6, 6.07) is -0.383. The molecule has 7 N–H and O–H groups in total. The molecule has 1 aliphatic rings. The van der Waals surface area contributed by atoms with Crippen molar-refractivity contribution >= 4 is 17.8 Å². The van der Waals surface area contributed by atoms with Crippen LogP contribution in [0.2, 0.25) is 0 Å². The van der Waals surface area contributed by atoms with Gasteiger partial charge >= 0.3 is 5.97 Å². The van der Waals surface area contributed by atoms with Gasteiger partial charge in [0.1, 0.15) is 0 Å². The number of rotatable bonds is 8. The van der Waals surface area contributed by atoms with E-state index in [1.165, 1.54) is 6.92 Å². The first-order valence-corrected chi connectivity index (χ1v) is 8.00. The fraction of sp³-hybridized carbons (Fsp3) is 0.800. The first-order valence-electron chi connectivity index (χ1n) is 8.00. The second-order valence-electron chi connectivity index (χ2n) is 6.24. The normalized spacial score (nSPS) is 28.1. The van der Waals surface area contributed by atoms with Gasteiger partial charge in [0.05, 0.1) is 18.1 Å². The molecule has 5 atom stereocenters. The zero-order chi connectivity index (χ0) is 17.6. The molecule has 1 saturated carbocycles. The summed E-state index contributed by atoms with van der Waals surface area (Å²) in [5.41, 5.74) is 10.9. The Kier molecular flexibility index (Phi) is 7.28. The second kappa shape index (κ2) is 8.71. The van der Waals surface area contributed by atoms with Crippen molar-refractivity contribution in [3.63, 3.8) is 0 Å². The molecule has 0 aromatic heterocycles. The summed E-state index contributed by atoms with van der Waals surface area (Å²) in [7, 11) is 0. The van der Waals surface area contributed by atoms with Gasteiger partial charge in [0, 0.05) is 19.4 Å². The molecule has 0 saturated heterocycles. The fourth-order valence-electron chi connectivity index (χ4n) is 3.31. The molecule has 0 spiro atoms. The summed E-state index contributed by atoms with van der Waals surface area (Å²) in [5.74, 6) is -2.08. The smallest absolute Gasteiger partial charge is 0.309 e. The van der Waals surface area contributed by atoms with Gasteiger partial charge in [-0.3, -0.25) is 9.59 Å². The number of carboxylic acid groups (broad SMARTS) is 1. The molecule has 132 valence electrons. The molecule has 0 aromatic carbocycles. The monoisotopic (exact) mass is 328 g/mol. The van der Waals surface area contributed by atoms with Gasteiger partial charge in [0.2, 0.25) is 5.91 Å². The number of hydrogen-bond donors (Lipinski definition) is 5. The zero-order valence-electron chi connectivity index (χ0n) is 13.7. The van der Waals surface area contributed by atoms with Crippen molar-refractivity contribution in [1.82, 2.24) is 5.32 Å². The van der Waals surface area contributed by atoms with Gasteiger partial charge in [-0.05, 0) is 25.2 Å². The summed E-state index contributed by atoms with van der Waals surface area (Å²) in [4.78, 5) is 26.3. The Morgan fingerprint density at radius 2 is 2.04 bits per heavy atom. The highest BCUT2D eigenvalue weighted by Crippen LogP contribution is 2.39. The molecule has 0 aliphatic heterocycles. The summed E-state index contributed by atoms with van der Waals surface area (Å²) in [6.07, 6.45) is 1.54. The summed E-state index contributed by atoms with van der Waals surface area (Å²) in [5, 5.41) is 22.3. The second-order valence-corrected chi connectivity index (χ2v) is 6.24. The Balaban J connectivity index is 2.76. The Morgan fingerprint density at radius 3 is 2.52 bits per heavy atom. The lowest BCUT2D eigenvalue weighted by atomic mass is 9.85. The number of guanidine groups is 1. The number of aliphatic imine (C=N–C) groups is 1. The molecule has 1 unspecified atom stereocenters. The van der Waals surface area contributed by atoms with Crippen LogP contribution >= 0.6 is 0 Å². The van der Waals surface area contributed by atoms with Crippen molar-refractivity contribution in [3.05, 3.63) is 0 Å². The Labute approximate surface area is 136 Å². The third-order valence-electron chi connectivity index (χ3n) is 4.58. The number of amides is 1. The van der Waals surface area contributed by atoms with E-state index in [-0.39, 0.29) is 36.2 Å². The fourth-order valence-corrected chi connectivity index (χ4v) is 3.31. The molecule has 1 fully saturated rings. The molecule has 0 bridgehead atoms. The SMILES string of the molecule is CCC(CCNC(C)=O)C[C@H]1[C@H](O)[C@@H](C(=O)O)C[C@H]1N=C(N)N. The van der Waals surface area contributed by atoms with Crippen molar-refractivity contribution in [3.8, 4) is 0 Å². The van der Waals surface area contributed by atoms with E-state index in [1.54, 1.807) is 0 Å². The summed E-state index contributed by atoms with van der Waals surface area (Å²) >= 11 is 0. The lowest BCUT2D eigenvalue weighted by Gasteiger charge is -2.25. The van der Waals surface area contributed by atoms with E-state index < -0.39 is 18.0 Å². The van der Waals surface area contributed by atoms with E-state index >= 15 is 0 Å². The first kappa shape index (κ1) is 19.2. The Hall–Kier alpha value is -1.83. The van der Waals surface area contributed by atoms with Gasteiger partial charge < -0.3 is 27.0 Å². The molecule has 1 amide bonds. The van der Waals surface area contributed by atoms with Crippen molar-refractivity contribution in [2.75, 3.05) is 6.54 Å². The van der Waals surface area contributed by atoms with Crippen LogP contribution in [0.15, 0.2) is 4.99 Å². The number of aliphatic hydroxyl groups excluding tert-OH is 1. The highest BCUT2D eigenvalue weighted by Gasteiger charge is 2.46. The predicted octanol–water partition coefficient (Wildman–Crippen LogP) is -0.347. The van der Waals surface area contributed by atoms with Crippen LogP contribution in [-0.4, -0.2) is 46.7 Å². The Bertz CT molecular complexity index is 451. The third-order valence-corrected chi connectivity index (χ3v) is 4.58. The molecule has 0 radical (unpaired) electrons. The number of carbonyl (C=O) groups is 2. The third kappa shape index (κ3) is 5.70. The molecule has 23 heavy (non-hydrogen) atoms. The predicted molar refractivity (Wildman–Crippen MR) is 86.5 cm³/mol. The molecule has 1 aliphatic carbocycles. The van der Waals surface area contributed by atoms with E-state index in [4.69, 9.17) is 11.5 Å². The quantitative estimate of drug-likeness (QED) is 0.303. The van der Waals surface area contributed by atoms with E-state index in [2.05, 4.69) is 10.3 Å². The van der Waals surface area contributed by atoms with E-state index in [1.807, 2.05) is 6.92 Å². The lowest BCUT2D eigenvalue weighted by molar-refractivity contribution is -0.145. The number of aliphatic hydroxyl groups is 1. The maximum absolute atomic E-state index is 11.3. The van der Waals surface area contributed by atoms with Gasteiger partial charge in [0.15, 0.2) is 5.96 Å². The van der Waals surface area contributed by atoms with Crippen LogP contribution in [0.25, 0.3) is 0 Å². The number of nitrogens with two attached hydrogens (primary N) is 2. The standard InChI is InChI=1S/C15H28N4O4/c1-3-9(4-5-18-8(2)20)6-10-12(19-15(16)17)7-11(13(10)21)14(22)23/h9-13,21H,3-7H2,1-2H3,(H,18,20)(H,22,23)(H4,16,17,19)/t9?,10-,11+,12-,13+/m1/s1. The van der Waals surface area contributed by atoms with E-state index in [0.717, 1.165) is 12.8 Å². The van der Waals surface area contributed by atoms with Gasteiger partial charge in [-0.1, -0.05) is 13.3 Å². The minimum Gasteiger partial charge on any atom is -0.481 e. The van der Waals surface area contributed by atoms with Crippen LogP contribution in [0.1, 0.15) is 39.5 Å². The molecular weight excluding hydrogens is 300 g/mol. The van der Waals surface area contributed by atoms with Crippen LogP contribution in [0.4, 0.5) is 0 Å². The number of carboxylic acids is 1. The van der Waals surface area contributed by atoms with Gasteiger partial charge in [-0.15, -0.1) is 0 Å². The van der Waals surface area contributed by atoms with Gasteiger partial charge in [-0.25, -0.2) is 4.99 Å². The average molecular weight is 328 g/mol. The van der Waals surface area contributed by atoms with Gasteiger partial charge in [-0.2, -0.15) is 0 Å². The minimum atomic E-state index is -1.03. The topological polar surface area (TPSA) is 151 Å². The van der Waals surface area contributed by atoms with Crippen LogP contribution in [0.3, 0.4) is 0 Å². The van der Waals surface area contributed by atoms with Crippen molar-refractivity contribution in [2.45, 2.75) is 51.7 Å². The molecule has 0 aromatic rings. The van der Waals surface area contributed by atoms with Crippen LogP contribution in [-0.2, 0) is 9.59 Å². The van der Waals surface area contributed by atoms with Crippen LogP contribution in [0.5, 0.6) is 0 Å². The molecule has 8 nitrogen and oxygen atoms in total. The maximum atomic E-state index is 11.3. The van der Waals surface area contributed by atoms with E-state index in [0.29, 0.717) is 13.0 Å². The molecule has 8 heteroatoms. The number of carbonyl (C=O) groups excluding carboxylic acids is 1. The molecular formula is C15H28N4O4. The van der Waals surface area contributed by atoms with Crippen LogP contribution in [0, 0.1) is 17.8 Å². The van der Waals surface area contributed by atoms with Crippen LogP contribution < -0.4 is 16.8 Å². The number of aliphatic carboxylic acids is 1. The maximum Gasteiger partial charge on any atom is 0.309 e. The van der Waals surface area contributed by atoms with E-state index in [9.17, 15) is 19.8 Å². The number of hydrogen-bond acceptors (Lipinski definition) is 4.